The number of rotatable bonds is 6. The molecule has 1 amide bonds. The molecule has 0 atom stereocenters. The van der Waals surface area contributed by atoms with Crippen molar-refractivity contribution in [3.63, 3.8) is 0 Å². The van der Waals surface area contributed by atoms with Crippen molar-refractivity contribution in [2.24, 2.45) is 0 Å². The Hall–Kier alpha value is -3.26. The summed E-state index contributed by atoms with van der Waals surface area (Å²) in [6, 6.07) is 15.9. The number of amides is 1. The zero-order chi connectivity index (χ0) is 20.4. The van der Waals surface area contributed by atoms with Crippen LogP contribution in [0.2, 0.25) is 0 Å². The van der Waals surface area contributed by atoms with E-state index in [0.717, 1.165) is 33.8 Å². The van der Waals surface area contributed by atoms with Gasteiger partial charge in [-0.15, -0.1) is 0 Å². The molecule has 0 saturated carbocycles. The third-order valence-corrected chi connectivity index (χ3v) is 5.15. The Kier molecular flexibility index (Phi) is 5.26. The highest BCUT2D eigenvalue weighted by molar-refractivity contribution is 7.71. The second-order valence-electron chi connectivity index (χ2n) is 7.07. The molecule has 0 fully saturated rings. The minimum Gasteiger partial charge on any atom is -0.340 e. The molecule has 2 aromatic heterocycles. The van der Waals surface area contributed by atoms with E-state index in [1.807, 2.05) is 54.0 Å². The molecule has 4 aromatic rings. The summed E-state index contributed by atoms with van der Waals surface area (Å²) < 4.78 is 2.38. The molecule has 0 aliphatic rings. The minimum absolute atomic E-state index is 0.0174. The standard InChI is InChI=1S/C21H22N6OS/c1-14-6-5-7-15(12-14)20-24-25-21(29)27(20)11-10-19(28)26(2)13-18-22-16-8-3-4-9-17(16)23-18/h3-9,12H,10-11,13H2,1-2H3,(H,22,23)(H,25,29). The number of carbonyl (C=O) groups is 1. The number of nitrogens with one attached hydrogen (secondary N) is 2. The van der Waals surface area contributed by atoms with Gasteiger partial charge in [0.2, 0.25) is 5.91 Å². The maximum atomic E-state index is 12.7. The second kappa shape index (κ2) is 8.00. The molecule has 0 saturated heterocycles. The fourth-order valence-corrected chi connectivity index (χ4v) is 3.54. The lowest BCUT2D eigenvalue weighted by Gasteiger charge is -2.16. The largest absolute Gasteiger partial charge is 0.340 e. The van der Waals surface area contributed by atoms with E-state index in [1.165, 1.54) is 0 Å². The highest BCUT2D eigenvalue weighted by Gasteiger charge is 2.15. The van der Waals surface area contributed by atoms with E-state index in [1.54, 1.807) is 11.9 Å². The molecule has 4 rings (SSSR count). The second-order valence-corrected chi connectivity index (χ2v) is 7.46. The molecule has 0 aliphatic carbocycles. The van der Waals surface area contributed by atoms with Gasteiger partial charge in [0.15, 0.2) is 10.6 Å². The first-order valence-electron chi connectivity index (χ1n) is 9.41. The number of H-pyrrole nitrogens is 2. The van der Waals surface area contributed by atoms with Crippen LogP contribution in [0.15, 0.2) is 48.5 Å². The Bertz CT molecular complexity index is 1190. The Labute approximate surface area is 173 Å². The lowest BCUT2D eigenvalue weighted by Crippen LogP contribution is -2.27. The van der Waals surface area contributed by atoms with Gasteiger partial charge in [0.25, 0.3) is 0 Å². The van der Waals surface area contributed by atoms with E-state index >= 15 is 0 Å². The monoisotopic (exact) mass is 406 g/mol. The number of aryl methyl sites for hydroxylation is 1. The summed E-state index contributed by atoms with van der Waals surface area (Å²) in [4.78, 5) is 22.1. The van der Waals surface area contributed by atoms with Crippen molar-refractivity contribution in [1.82, 2.24) is 29.6 Å². The number of fused-ring (bicyclic) bond motifs is 1. The smallest absolute Gasteiger partial charge is 0.224 e. The van der Waals surface area contributed by atoms with E-state index in [2.05, 4.69) is 26.2 Å². The number of aromatic amines is 2. The Morgan fingerprint density at radius 3 is 2.83 bits per heavy atom. The van der Waals surface area contributed by atoms with E-state index in [9.17, 15) is 4.79 Å². The van der Waals surface area contributed by atoms with Crippen molar-refractivity contribution in [2.45, 2.75) is 26.4 Å². The Morgan fingerprint density at radius 2 is 2.03 bits per heavy atom. The number of aromatic nitrogens is 5. The molecule has 0 bridgehead atoms. The van der Waals surface area contributed by atoms with Crippen molar-refractivity contribution in [2.75, 3.05) is 7.05 Å². The van der Waals surface area contributed by atoms with E-state index < -0.39 is 0 Å². The molecule has 0 radical (unpaired) electrons. The molecular formula is C21H22N6OS. The predicted octanol–water partition coefficient (Wildman–Crippen LogP) is 3.84. The summed E-state index contributed by atoms with van der Waals surface area (Å²) in [5.74, 6) is 1.53. The summed E-state index contributed by atoms with van der Waals surface area (Å²) in [5, 5.41) is 7.19. The highest BCUT2D eigenvalue weighted by atomic mass is 32.1. The van der Waals surface area contributed by atoms with Crippen LogP contribution in [0, 0.1) is 11.7 Å². The average molecular weight is 407 g/mol. The lowest BCUT2D eigenvalue weighted by atomic mass is 10.1. The Balaban J connectivity index is 1.44. The molecule has 148 valence electrons. The van der Waals surface area contributed by atoms with Crippen LogP contribution in [-0.2, 0) is 17.9 Å². The summed E-state index contributed by atoms with van der Waals surface area (Å²) in [5.41, 5.74) is 3.98. The molecule has 0 aliphatic heterocycles. The van der Waals surface area contributed by atoms with Crippen LogP contribution < -0.4 is 0 Å². The number of hydrogen-bond acceptors (Lipinski definition) is 4. The maximum Gasteiger partial charge on any atom is 0.224 e. The van der Waals surface area contributed by atoms with E-state index in [-0.39, 0.29) is 5.91 Å². The molecule has 2 N–H and O–H groups in total. The summed E-state index contributed by atoms with van der Waals surface area (Å²) in [6.45, 7) is 2.92. The summed E-state index contributed by atoms with van der Waals surface area (Å²) in [7, 11) is 1.78. The molecule has 2 heterocycles. The van der Waals surface area contributed by atoms with Gasteiger partial charge >= 0.3 is 0 Å². The molecule has 0 spiro atoms. The zero-order valence-corrected chi connectivity index (χ0v) is 17.2. The summed E-state index contributed by atoms with van der Waals surface area (Å²) in [6.07, 6.45) is 0.323. The van der Waals surface area contributed by atoms with Crippen LogP contribution in [0.25, 0.3) is 22.4 Å². The molecule has 29 heavy (non-hydrogen) atoms. The van der Waals surface area contributed by atoms with Crippen LogP contribution >= 0.6 is 12.2 Å². The fourth-order valence-electron chi connectivity index (χ4n) is 3.32. The van der Waals surface area contributed by atoms with Crippen LogP contribution in [0.5, 0.6) is 0 Å². The van der Waals surface area contributed by atoms with Gasteiger partial charge in [-0.3, -0.25) is 14.5 Å². The summed E-state index contributed by atoms with van der Waals surface area (Å²) >= 11 is 5.37. The van der Waals surface area contributed by atoms with Gasteiger partial charge < -0.3 is 9.88 Å². The van der Waals surface area contributed by atoms with Crippen LogP contribution in [0.4, 0.5) is 0 Å². The van der Waals surface area contributed by atoms with Gasteiger partial charge in [-0.25, -0.2) is 4.98 Å². The average Bonchev–Trinajstić information content (AvgIpc) is 3.28. The van der Waals surface area contributed by atoms with Crippen LogP contribution in [-0.4, -0.2) is 42.6 Å². The topological polar surface area (TPSA) is 82.6 Å². The van der Waals surface area contributed by atoms with Crippen LogP contribution in [0.1, 0.15) is 17.8 Å². The highest BCUT2D eigenvalue weighted by Crippen LogP contribution is 2.19. The zero-order valence-electron chi connectivity index (χ0n) is 16.3. The van der Waals surface area contributed by atoms with E-state index in [0.29, 0.717) is 24.3 Å². The fraction of sp³-hybridized carbons (Fsp3) is 0.238. The minimum atomic E-state index is 0.0174. The van der Waals surface area contributed by atoms with Gasteiger partial charge in [-0.05, 0) is 37.3 Å². The molecule has 0 unspecified atom stereocenters. The number of nitrogens with zero attached hydrogens (tertiary/aromatic N) is 4. The number of hydrogen-bond donors (Lipinski definition) is 2. The van der Waals surface area contributed by atoms with Crippen molar-refractivity contribution >= 4 is 29.2 Å². The van der Waals surface area contributed by atoms with Crippen molar-refractivity contribution in [1.29, 1.82) is 0 Å². The predicted molar refractivity (Wildman–Crippen MR) is 115 cm³/mol. The SMILES string of the molecule is Cc1cccc(-c2n[nH]c(=S)n2CCC(=O)N(C)Cc2nc3ccccc3[nH]2)c1. The molecule has 2 aromatic carbocycles. The van der Waals surface area contributed by atoms with Gasteiger partial charge in [0.05, 0.1) is 17.6 Å². The number of carbonyl (C=O) groups excluding carboxylic acids is 1. The first-order valence-corrected chi connectivity index (χ1v) is 9.82. The maximum absolute atomic E-state index is 12.7. The number of para-hydroxylation sites is 2. The van der Waals surface area contributed by atoms with Gasteiger partial charge in [0.1, 0.15) is 5.82 Å². The third-order valence-electron chi connectivity index (χ3n) is 4.83. The normalized spacial score (nSPS) is 11.1. The number of benzene rings is 2. The molecule has 8 heteroatoms. The first kappa shape index (κ1) is 19.1. The van der Waals surface area contributed by atoms with Crippen molar-refractivity contribution in [3.8, 4) is 11.4 Å². The third kappa shape index (κ3) is 4.12. The quantitative estimate of drug-likeness (QED) is 0.477. The number of imidazole rings is 1. The van der Waals surface area contributed by atoms with Crippen molar-refractivity contribution < 1.29 is 4.79 Å². The molecule has 7 nitrogen and oxygen atoms in total. The first-order chi connectivity index (χ1) is 14.0. The van der Waals surface area contributed by atoms with Gasteiger partial charge in [0, 0.05) is 25.6 Å². The Morgan fingerprint density at radius 1 is 1.21 bits per heavy atom. The molecular weight excluding hydrogens is 384 g/mol. The van der Waals surface area contributed by atoms with E-state index in [4.69, 9.17) is 12.2 Å². The van der Waals surface area contributed by atoms with Gasteiger partial charge in [-0.2, -0.15) is 5.10 Å². The van der Waals surface area contributed by atoms with Crippen LogP contribution in [0.3, 0.4) is 0 Å². The van der Waals surface area contributed by atoms with Crippen molar-refractivity contribution in [3.05, 3.63) is 64.7 Å². The lowest BCUT2D eigenvalue weighted by molar-refractivity contribution is -0.130. The van der Waals surface area contributed by atoms with Gasteiger partial charge in [-0.1, -0.05) is 35.9 Å².